The van der Waals surface area contributed by atoms with Crippen molar-refractivity contribution in [3.05, 3.63) is 59.4 Å². The SMILES string of the molecule is Clc1cnccc1COc1[c]cccc1. The first-order valence-electron chi connectivity index (χ1n) is 4.54. The number of nitrogens with zero attached hydrogens (tertiary/aromatic N) is 1. The fourth-order valence-electron chi connectivity index (χ4n) is 1.14. The standard InChI is InChI=1S/C12H9ClNO/c13-12-8-14-7-6-10(12)9-15-11-4-2-1-3-5-11/h1-4,6-8H,9H2. The maximum Gasteiger partial charge on any atom is 0.127 e. The molecule has 0 N–H and O–H groups in total. The van der Waals surface area contributed by atoms with Crippen molar-refractivity contribution in [3.63, 3.8) is 0 Å². The zero-order chi connectivity index (χ0) is 10.5. The molecule has 0 fully saturated rings. The molecule has 15 heavy (non-hydrogen) atoms. The van der Waals surface area contributed by atoms with Crippen LogP contribution in [0.1, 0.15) is 5.56 Å². The van der Waals surface area contributed by atoms with E-state index in [1.165, 1.54) is 0 Å². The van der Waals surface area contributed by atoms with Gasteiger partial charge in [-0.25, -0.2) is 0 Å². The summed E-state index contributed by atoms with van der Waals surface area (Å²) in [5.41, 5.74) is 0.920. The van der Waals surface area contributed by atoms with Gasteiger partial charge in [-0.15, -0.1) is 0 Å². The second-order valence-corrected chi connectivity index (χ2v) is 3.39. The molecular weight excluding hydrogens is 210 g/mol. The highest BCUT2D eigenvalue weighted by molar-refractivity contribution is 6.31. The Labute approximate surface area is 93.5 Å². The summed E-state index contributed by atoms with van der Waals surface area (Å²) in [4.78, 5) is 3.90. The lowest BCUT2D eigenvalue weighted by molar-refractivity contribution is 0.305. The van der Waals surface area contributed by atoms with Gasteiger partial charge in [0.15, 0.2) is 0 Å². The molecular formula is C12H9ClNO. The third-order valence-corrected chi connectivity index (χ3v) is 2.26. The van der Waals surface area contributed by atoms with Crippen molar-refractivity contribution < 1.29 is 4.74 Å². The Hall–Kier alpha value is -1.54. The summed E-state index contributed by atoms with van der Waals surface area (Å²) in [6, 6.07) is 12.3. The molecule has 1 heterocycles. The molecule has 75 valence electrons. The van der Waals surface area contributed by atoms with Crippen LogP contribution in [0.25, 0.3) is 0 Å². The van der Waals surface area contributed by atoms with E-state index in [1.54, 1.807) is 12.4 Å². The molecule has 0 aliphatic rings. The maximum absolute atomic E-state index is 5.94. The lowest BCUT2D eigenvalue weighted by Crippen LogP contribution is -1.96. The summed E-state index contributed by atoms with van der Waals surface area (Å²) in [5.74, 6) is 0.713. The van der Waals surface area contributed by atoms with Crippen LogP contribution in [0.2, 0.25) is 5.02 Å². The minimum Gasteiger partial charge on any atom is -0.488 e. The van der Waals surface area contributed by atoms with Gasteiger partial charge >= 0.3 is 0 Å². The highest BCUT2D eigenvalue weighted by Crippen LogP contribution is 2.16. The maximum atomic E-state index is 5.94. The number of para-hydroxylation sites is 1. The van der Waals surface area contributed by atoms with Crippen molar-refractivity contribution in [3.8, 4) is 5.75 Å². The second-order valence-electron chi connectivity index (χ2n) is 2.98. The Kier molecular flexibility index (Phi) is 3.20. The molecule has 1 aromatic carbocycles. The van der Waals surface area contributed by atoms with Gasteiger partial charge < -0.3 is 4.74 Å². The van der Waals surface area contributed by atoms with Crippen LogP contribution in [0.4, 0.5) is 0 Å². The fraction of sp³-hybridized carbons (Fsp3) is 0.0833. The number of rotatable bonds is 3. The first-order valence-corrected chi connectivity index (χ1v) is 4.92. The average Bonchev–Trinajstić information content (AvgIpc) is 2.29. The van der Waals surface area contributed by atoms with Crippen LogP contribution in [-0.2, 0) is 6.61 Å². The normalized spacial score (nSPS) is 9.93. The topological polar surface area (TPSA) is 22.1 Å². The Morgan fingerprint density at radius 2 is 2.27 bits per heavy atom. The molecule has 1 aromatic heterocycles. The van der Waals surface area contributed by atoms with Gasteiger partial charge in [-0.05, 0) is 12.1 Å². The predicted octanol–water partition coefficient (Wildman–Crippen LogP) is 3.11. The van der Waals surface area contributed by atoms with Crippen LogP contribution in [0.15, 0.2) is 42.7 Å². The number of hydrogen-bond donors (Lipinski definition) is 0. The first-order chi connectivity index (χ1) is 7.36. The van der Waals surface area contributed by atoms with Gasteiger partial charge in [0.1, 0.15) is 12.4 Å². The van der Waals surface area contributed by atoms with E-state index in [0.717, 1.165) is 5.56 Å². The van der Waals surface area contributed by atoms with Crippen LogP contribution >= 0.6 is 11.6 Å². The van der Waals surface area contributed by atoms with Crippen molar-refractivity contribution in [1.82, 2.24) is 4.98 Å². The van der Waals surface area contributed by atoms with Gasteiger partial charge in [0.2, 0.25) is 0 Å². The third-order valence-electron chi connectivity index (χ3n) is 1.92. The van der Waals surface area contributed by atoms with E-state index in [9.17, 15) is 0 Å². The zero-order valence-electron chi connectivity index (χ0n) is 7.98. The number of halogens is 1. The number of pyridine rings is 1. The summed E-state index contributed by atoms with van der Waals surface area (Å²) in [6.45, 7) is 0.432. The number of aromatic nitrogens is 1. The first kappa shape index (κ1) is 9.99. The van der Waals surface area contributed by atoms with Gasteiger partial charge in [-0.2, -0.15) is 0 Å². The van der Waals surface area contributed by atoms with Gasteiger partial charge in [0.25, 0.3) is 0 Å². The van der Waals surface area contributed by atoms with E-state index < -0.39 is 0 Å². The van der Waals surface area contributed by atoms with Crippen molar-refractivity contribution in [2.75, 3.05) is 0 Å². The lowest BCUT2D eigenvalue weighted by atomic mass is 10.3. The van der Waals surface area contributed by atoms with Crippen molar-refractivity contribution in [2.45, 2.75) is 6.61 Å². The third kappa shape index (κ3) is 2.70. The summed E-state index contributed by atoms with van der Waals surface area (Å²) in [5, 5.41) is 0.619. The summed E-state index contributed by atoms with van der Waals surface area (Å²) < 4.78 is 5.51. The minimum absolute atomic E-state index is 0.432. The molecule has 0 bridgehead atoms. The van der Waals surface area contributed by atoms with Gasteiger partial charge in [0, 0.05) is 24.0 Å². The highest BCUT2D eigenvalue weighted by atomic mass is 35.5. The average molecular weight is 219 g/mol. The van der Waals surface area contributed by atoms with E-state index >= 15 is 0 Å². The Bertz CT molecular complexity index is 431. The van der Waals surface area contributed by atoms with Gasteiger partial charge in [-0.1, -0.05) is 29.8 Å². The largest absolute Gasteiger partial charge is 0.488 e. The van der Waals surface area contributed by atoms with Crippen LogP contribution in [0.5, 0.6) is 5.75 Å². The van der Waals surface area contributed by atoms with E-state index in [1.807, 2.05) is 30.3 Å². The zero-order valence-corrected chi connectivity index (χ0v) is 8.74. The number of hydrogen-bond acceptors (Lipinski definition) is 2. The Balaban J connectivity index is 2.03. The highest BCUT2D eigenvalue weighted by Gasteiger charge is 2.00. The van der Waals surface area contributed by atoms with Crippen molar-refractivity contribution in [1.29, 1.82) is 0 Å². The molecule has 0 atom stereocenters. The molecule has 0 unspecified atom stereocenters. The predicted molar refractivity (Wildman–Crippen MR) is 58.9 cm³/mol. The number of benzene rings is 1. The summed E-state index contributed by atoms with van der Waals surface area (Å²) in [7, 11) is 0. The van der Waals surface area contributed by atoms with Crippen LogP contribution < -0.4 is 4.74 Å². The van der Waals surface area contributed by atoms with E-state index in [0.29, 0.717) is 17.4 Å². The molecule has 0 saturated carbocycles. The summed E-state index contributed by atoms with van der Waals surface area (Å²) >= 11 is 5.94. The van der Waals surface area contributed by atoms with Crippen LogP contribution in [0.3, 0.4) is 0 Å². The van der Waals surface area contributed by atoms with Gasteiger partial charge in [-0.3, -0.25) is 4.98 Å². The Morgan fingerprint density at radius 1 is 1.33 bits per heavy atom. The molecule has 1 radical (unpaired) electrons. The van der Waals surface area contributed by atoms with Crippen LogP contribution in [0, 0.1) is 6.07 Å². The molecule has 0 aliphatic carbocycles. The van der Waals surface area contributed by atoms with E-state index in [-0.39, 0.29) is 0 Å². The molecule has 2 rings (SSSR count). The van der Waals surface area contributed by atoms with Crippen molar-refractivity contribution >= 4 is 11.6 Å². The Morgan fingerprint density at radius 3 is 3.00 bits per heavy atom. The molecule has 0 aliphatic heterocycles. The smallest absolute Gasteiger partial charge is 0.127 e. The molecule has 0 spiro atoms. The summed E-state index contributed by atoms with van der Waals surface area (Å²) in [6.07, 6.45) is 3.30. The molecule has 0 amide bonds. The minimum atomic E-state index is 0.432. The molecule has 0 saturated heterocycles. The van der Waals surface area contributed by atoms with E-state index in [4.69, 9.17) is 16.3 Å². The lowest BCUT2D eigenvalue weighted by Gasteiger charge is -2.06. The fourth-order valence-corrected chi connectivity index (χ4v) is 1.32. The molecule has 3 heteroatoms. The van der Waals surface area contributed by atoms with Crippen LogP contribution in [-0.4, -0.2) is 4.98 Å². The number of ether oxygens (including phenoxy) is 1. The monoisotopic (exact) mass is 218 g/mol. The molecule has 2 aromatic rings. The van der Waals surface area contributed by atoms with E-state index in [2.05, 4.69) is 11.1 Å². The van der Waals surface area contributed by atoms with Crippen molar-refractivity contribution in [2.24, 2.45) is 0 Å². The quantitative estimate of drug-likeness (QED) is 0.790. The van der Waals surface area contributed by atoms with Gasteiger partial charge in [0.05, 0.1) is 5.02 Å². The second kappa shape index (κ2) is 4.80. The molecule has 2 nitrogen and oxygen atoms in total.